The Bertz CT molecular complexity index is 18.3. The smallest absolute Gasteiger partial charge is 0.414 e. The van der Waals surface area contributed by atoms with Crippen molar-refractivity contribution in [2.24, 2.45) is 0 Å². The molecule has 6 heteroatoms. The van der Waals surface area contributed by atoms with Gasteiger partial charge in [-0.1, -0.05) is 0 Å². The van der Waals surface area contributed by atoms with Gasteiger partial charge in [0.05, 0.1) is 0 Å². The second kappa shape index (κ2) is 11.0. The largest absolute Gasteiger partial charge is 0.566 e. The van der Waals surface area contributed by atoms with Crippen molar-refractivity contribution in [3.63, 3.8) is 0 Å². The average Bonchev–Trinajstić information content (AvgIpc) is 0.811. The molecule has 0 aliphatic heterocycles. The first kappa shape index (κ1) is 16.0. The van der Waals surface area contributed by atoms with Crippen molar-refractivity contribution in [1.82, 2.24) is 0 Å². The van der Waals surface area contributed by atoms with E-state index in [1.165, 1.54) is 0 Å². The van der Waals surface area contributed by atoms with E-state index in [0.29, 0.717) is 0 Å². The quantitative estimate of drug-likeness (QED) is 0.452. The summed E-state index contributed by atoms with van der Waals surface area (Å²) in [5, 5.41) is 14.8. The van der Waals surface area contributed by atoms with E-state index in [1.807, 2.05) is 0 Å². The number of halogens is 1. The van der Waals surface area contributed by atoms with E-state index in [2.05, 4.69) is 11.5 Å². The summed E-state index contributed by atoms with van der Waals surface area (Å²) >= 11 is 4.39. The minimum Gasteiger partial charge on any atom is -0.414 e. The molecule has 0 aromatic rings. The molecule has 0 aliphatic carbocycles. The molecule has 0 bridgehead atoms. The van der Waals surface area contributed by atoms with Crippen LogP contribution in [-0.2, 0) is 0 Å². The number of rotatable bonds is 0. The molecule has 2 radical (unpaired) electrons. The van der Waals surface area contributed by atoms with Crippen molar-refractivity contribution < 1.29 is 10.0 Å². The molecule has 0 rings (SSSR count). The zero-order valence-electron chi connectivity index (χ0n) is 3.85. The van der Waals surface area contributed by atoms with Gasteiger partial charge in [0.15, 0.2) is 0 Å². The maximum atomic E-state index is 7.38. The molecule has 0 atom stereocenters. The predicted molar refractivity (Wildman–Crippen MR) is 27.6 cm³/mol. The summed E-state index contributed by atoms with van der Waals surface area (Å²) in [6.07, 6.45) is 0. The fraction of sp³-hybridized carbons (Fsp3) is 0. The molecule has 0 saturated heterocycles. The van der Waals surface area contributed by atoms with Crippen LogP contribution in [0.4, 0.5) is 0 Å². The Morgan fingerprint density at radius 3 is 1.33 bits per heavy atom. The summed E-state index contributed by atoms with van der Waals surface area (Å²) in [5.41, 5.74) is 0. The van der Waals surface area contributed by atoms with Gasteiger partial charge in [0.1, 0.15) is 0 Å². The monoisotopic (exact) mass is 188 g/mol. The third-order valence-electron chi connectivity index (χ3n) is 0. The van der Waals surface area contributed by atoms with E-state index in [-0.39, 0.29) is 87.7 Å². The zero-order chi connectivity index (χ0) is 3.58. The van der Waals surface area contributed by atoms with Gasteiger partial charge in [0, 0.05) is 87.7 Å². The summed E-state index contributed by atoms with van der Waals surface area (Å²) in [5.74, 6) is 0. The first-order valence-electron chi connectivity index (χ1n) is 0.735. The Morgan fingerprint density at radius 2 is 1.33 bits per heavy atom. The molecule has 0 unspecified atom stereocenters. The van der Waals surface area contributed by atoms with E-state index in [0.717, 1.165) is 0 Å². The van der Waals surface area contributed by atoms with Gasteiger partial charge in [0.25, 0.3) is 0 Å². The molecule has 2 nitrogen and oxygen atoms in total. The van der Waals surface area contributed by atoms with Crippen LogP contribution in [0, 0.1) is 0 Å². The Balaban J connectivity index is -0.0000000450. The number of hydrogen-bond acceptors (Lipinski definition) is 2. The van der Waals surface area contributed by atoms with Gasteiger partial charge >= 0.3 is 6.53 Å². The van der Waals surface area contributed by atoms with Gasteiger partial charge in [0.2, 0.25) is 0 Å². The van der Waals surface area contributed by atoms with Gasteiger partial charge < -0.3 is 10.0 Å². The topological polar surface area (TPSA) is 40.5 Å². The first-order valence-corrected chi connectivity index (χ1v) is 1.17. The van der Waals surface area contributed by atoms with Crippen molar-refractivity contribution in [2.75, 3.05) is 0 Å². The Morgan fingerprint density at radius 1 is 1.33 bits per heavy atom. The van der Waals surface area contributed by atoms with Crippen molar-refractivity contribution in [3.05, 3.63) is 0 Å². The molecule has 0 amide bonds. The van der Waals surface area contributed by atoms with Gasteiger partial charge in [-0.3, -0.25) is 0 Å². The van der Waals surface area contributed by atoms with Crippen molar-refractivity contribution in [1.29, 1.82) is 0 Å². The Kier molecular flexibility index (Phi) is 29.3. The minimum absolute atomic E-state index is 0. The molecule has 0 spiro atoms. The molecule has 0 aromatic carbocycles. The van der Waals surface area contributed by atoms with E-state index in [9.17, 15) is 0 Å². The van der Waals surface area contributed by atoms with Crippen LogP contribution in [0.2, 0.25) is 0 Å². The van der Waals surface area contributed by atoms with Crippen molar-refractivity contribution in [2.45, 2.75) is 0 Å². The van der Waals surface area contributed by atoms with Crippen molar-refractivity contribution >= 4 is 106 Å². The Hall–Kier alpha value is 3.08. The summed E-state index contributed by atoms with van der Waals surface area (Å²) in [7, 11) is 0. The zero-order valence-corrected chi connectivity index (χ0v) is 11.5. The summed E-state index contributed by atoms with van der Waals surface area (Å²) in [6.45, 7) is -1.69. The molecule has 26 valence electrons. The molecular formula is H2BClNaO2Rb. The van der Waals surface area contributed by atoms with Gasteiger partial charge in [-0.05, 0) is 0 Å². The normalized spacial score (nSPS) is 4.50. The van der Waals surface area contributed by atoms with Crippen LogP contribution in [-0.4, -0.2) is 104 Å². The van der Waals surface area contributed by atoms with E-state index in [1.54, 1.807) is 0 Å². The van der Waals surface area contributed by atoms with Crippen LogP contribution < -0.4 is 0 Å². The van der Waals surface area contributed by atoms with Gasteiger partial charge in [-0.2, -0.15) is 0 Å². The predicted octanol–water partition coefficient (Wildman–Crippen LogP) is -1.57. The average molecular weight is 189 g/mol. The fourth-order valence-corrected chi connectivity index (χ4v) is 0. The molecule has 6 heavy (non-hydrogen) atoms. The fourth-order valence-electron chi connectivity index (χ4n) is 0. The molecular weight excluding hydrogens is 187 g/mol. The van der Waals surface area contributed by atoms with Crippen LogP contribution >= 0.6 is 11.5 Å². The van der Waals surface area contributed by atoms with Crippen molar-refractivity contribution in [3.8, 4) is 0 Å². The maximum Gasteiger partial charge on any atom is 0.566 e. The second-order valence-corrected chi connectivity index (χ2v) is 0.701. The third kappa shape index (κ3) is 27.6. The molecule has 0 saturated carbocycles. The summed E-state index contributed by atoms with van der Waals surface area (Å²) in [4.78, 5) is 0. The maximum absolute atomic E-state index is 7.38. The molecule has 0 heterocycles. The van der Waals surface area contributed by atoms with Crippen LogP contribution in [0.15, 0.2) is 0 Å². The third-order valence-corrected chi connectivity index (χ3v) is 0. The van der Waals surface area contributed by atoms with Gasteiger partial charge in [-0.25, -0.2) is 0 Å². The molecule has 2 N–H and O–H groups in total. The SMILES string of the molecule is OB(O)Cl.[Na].[Rb]. The minimum atomic E-state index is -1.69. The Labute approximate surface area is 113 Å². The summed E-state index contributed by atoms with van der Waals surface area (Å²) < 4.78 is 0. The van der Waals surface area contributed by atoms with E-state index < -0.39 is 6.53 Å². The van der Waals surface area contributed by atoms with E-state index in [4.69, 9.17) is 10.0 Å². The molecule has 0 fully saturated rings. The molecule has 0 aromatic heterocycles. The van der Waals surface area contributed by atoms with Gasteiger partial charge in [-0.15, -0.1) is 11.5 Å². The van der Waals surface area contributed by atoms with Crippen LogP contribution in [0.25, 0.3) is 0 Å². The standard InChI is InChI=1S/BClH2O2.Na.Rb/c2-1(3)4;;/h3-4H;;. The first-order chi connectivity index (χ1) is 1.73. The molecule has 0 aliphatic rings. The second-order valence-electron chi connectivity index (χ2n) is 0.311. The number of hydrogen-bond donors (Lipinski definition) is 2. The van der Waals surface area contributed by atoms with Crippen LogP contribution in [0.1, 0.15) is 0 Å². The van der Waals surface area contributed by atoms with E-state index >= 15 is 0 Å². The summed E-state index contributed by atoms with van der Waals surface area (Å²) in [6, 6.07) is 0. The van der Waals surface area contributed by atoms with Crippen LogP contribution in [0.3, 0.4) is 0 Å². The van der Waals surface area contributed by atoms with Crippen LogP contribution in [0.5, 0.6) is 0 Å².